The number of hydrogen-bond donors (Lipinski definition) is 1. The number of thiazole rings is 1. The topological polar surface area (TPSA) is 71.5 Å². The number of benzene rings is 1. The third-order valence-corrected chi connectivity index (χ3v) is 5.06. The lowest BCUT2D eigenvalue weighted by atomic mass is 10.2. The molecule has 2 aromatic rings. The Bertz CT molecular complexity index is 778. The first-order valence-corrected chi connectivity index (χ1v) is 9.15. The van der Waals surface area contributed by atoms with Gasteiger partial charge in [-0.25, -0.2) is 9.78 Å². The average Bonchev–Trinajstić information content (AvgIpc) is 2.96. The van der Waals surface area contributed by atoms with Gasteiger partial charge in [0, 0.05) is 27.9 Å². The molecule has 3 rings (SSSR count). The summed E-state index contributed by atoms with van der Waals surface area (Å²) in [7, 11) is 0. The predicted octanol–water partition coefficient (Wildman–Crippen LogP) is 3.67. The predicted molar refractivity (Wildman–Crippen MR) is 95.3 cm³/mol. The van der Waals surface area contributed by atoms with Crippen molar-refractivity contribution in [2.45, 2.75) is 19.9 Å². The number of rotatable bonds is 3. The van der Waals surface area contributed by atoms with E-state index < -0.39 is 0 Å². The maximum atomic E-state index is 12.3. The van der Waals surface area contributed by atoms with Crippen LogP contribution in [0.2, 0.25) is 0 Å². The fraction of sp³-hybridized carbons (Fsp3) is 0.312. The van der Waals surface area contributed by atoms with E-state index in [0.717, 1.165) is 15.0 Å². The molecule has 0 saturated carbocycles. The highest BCUT2D eigenvalue weighted by Gasteiger charge is 2.25. The van der Waals surface area contributed by atoms with Crippen LogP contribution in [0.25, 0.3) is 0 Å². The second-order valence-electron chi connectivity index (χ2n) is 5.22. The highest BCUT2D eigenvalue weighted by Crippen LogP contribution is 2.29. The van der Waals surface area contributed by atoms with Gasteiger partial charge in [-0.05, 0) is 25.1 Å². The van der Waals surface area contributed by atoms with Crippen molar-refractivity contribution in [3.63, 3.8) is 0 Å². The van der Waals surface area contributed by atoms with Crippen LogP contribution in [0, 0.1) is 0 Å². The van der Waals surface area contributed by atoms with E-state index >= 15 is 0 Å². The molecule has 0 saturated heterocycles. The van der Waals surface area contributed by atoms with Crippen molar-refractivity contribution in [1.82, 2.24) is 9.88 Å². The Labute approximate surface area is 152 Å². The number of nitrogens with zero attached hydrogens (tertiary/aromatic N) is 2. The maximum absolute atomic E-state index is 12.3. The van der Waals surface area contributed by atoms with Gasteiger partial charge in [0.1, 0.15) is 0 Å². The molecule has 1 aliphatic rings. The SMILES string of the molecule is CCOC(=O)N1CCc2nc(NC(=O)c3cccc(Br)c3)sc2C1. The molecule has 1 N–H and O–H groups in total. The van der Waals surface area contributed by atoms with Gasteiger partial charge >= 0.3 is 6.09 Å². The molecule has 6 nitrogen and oxygen atoms in total. The number of carbonyl (C=O) groups excluding carboxylic acids is 2. The van der Waals surface area contributed by atoms with Crippen molar-refractivity contribution in [3.05, 3.63) is 44.9 Å². The largest absolute Gasteiger partial charge is 0.450 e. The quantitative estimate of drug-likeness (QED) is 0.838. The number of fused-ring (bicyclic) bond motifs is 1. The minimum atomic E-state index is -0.309. The third-order valence-electron chi connectivity index (χ3n) is 3.56. The molecule has 0 spiro atoms. The van der Waals surface area contributed by atoms with Crippen LogP contribution in [-0.2, 0) is 17.7 Å². The van der Waals surface area contributed by atoms with Crippen LogP contribution in [0.3, 0.4) is 0 Å². The molecule has 1 aliphatic heterocycles. The molecule has 2 amide bonds. The molecule has 24 heavy (non-hydrogen) atoms. The van der Waals surface area contributed by atoms with Crippen LogP contribution < -0.4 is 5.32 Å². The molecule has 0 atom stereocenters. The molecule has 0 aliphatic carbocycles. The van der Waals surface area contributed by atoms with Crippen LogP contribution >= 0.6 is 27.3 Å². The van der Waals surface area contributed by atoms with Crippen LogP contribution in [0.1, 0.15) is 27.9 Å². The Morgan fingerprint density at radius 3 is 3.04 bits per heavy atom. The molecule has 0 bridgehead atoms. The van der Waals surface area contributed by atoms with Crippen LogP contribution in [0.4, 0.5) is 9.93 Å². The van der Waals surface area contributed by atoms with Gasteiger partial charge in [0.25, 0.3) is 5.91 Å². The summed E-state index contributed by atoms with van der Waals surface area (Å²) in [5, 5.41) is 3.38. The number of aromatic nitrogens is 1. The van der Waals surface area contributed by atoms with Crippen LogP contribution in [0.15, 0.2) is 28.7 Å². The Kier molecular flexibility index (Phi) is 5.15. The van der Waals surface area contributed by atoms with Crippen LogP contribution in [0.5, 0.6) is 0 Å². The van der Waals surface area contributed by atoms with Crippen LogP contribution in [-0.4, -0.2) is 35.0 Å². The summed E-state index contributed by atoms with van der Waals surface area (Å²) in [4.78, 5) is 31.2. The van der Waals surface area contributed by atoms with Gasteiger partial charge in [-0.2, -0.15) is 0 Å². The van der Waals surface area contributed by atoms with Gasteiger partial charge < -0.3 is 9.64 Å². The summed E-state index contributed by atoms with van der Waals surface area (Å²) >= 11 is 4.75. The monoisotopic (exact) mass is 409 g/mol. The van der Waals surface area contributed by atoms with Gasteiger partial charge in [0.2, 0.25) is 0 Å². The van der Waals surface area contributed by atoms with E-state index in [-0.39, 0.29) is 12.0 Å². The standard InChI is InChI=1S/C16H16BrN3O3S/c1-2-23-16(22)20-7-6-12-13(9-20)24-15(18-12)19-14(21)10-4-3-5-11(17)8-10/h3-5,8H,2,6-7,9H2,1H3,(H,18,19,21). The van der Waals surface area contributed by atoms with E-state index in [1.807, 2.05) is 12.1 Å². The maximum Gasteiger partial charge on any atom is 0.410 e. The summed E-state index contributed by atoms with van der Waals surface area (Å²) in [6.45, 7) is 3.20. The van der Waals surface area contributed by atoms with Crippen molar-refractivity contribution in [1.29, 1.82) is 0 Å². The molecule has 8 heteroatoms. The lowest BCUT2D eigenvalue weighted by molar-refractivity contribution is 0.102. The van der Waals surface area contributed by atoms with Crippen molar-refractivity contribution >= 4 is 44.4 Å². The van der Waals surface area contributed by atoms with Gasteiger partial charge in [-0.15, -0.1) is 0 Å². The number of ether oxygens (including phenoxy) is 1. The fourth-order valence-electron chi connectivity index (χ4n) is 2.42. The van der Waals surface area contributed by atoms with Gasteiger partial charge in [-0.3, -0.25) is 10.1 Å². The first kappa shape index (κ1) is 16.9. The molecule has 0 radical (unpaired) electrons. The third kappa shape index (κ3) is 3.76. The Morgan fingerprint density at radius 1 is 1.46 bits per heavy atom. The van der Waals surface area contributed by atoms with Crippen molar-refractivity contribution in [2.75, 3.05) is 18.5 Å². The van der Waals surface area contributed by atoms with E-state index in [1.54, 1.807) is 24.0 Å². The van der Waals surface area contributed by atoms with E-state index in [9.17, 15) is 9.59 Å². The van der Waals surface area contributed by atoms with Gasteiger partial charge in [0.05, 0.1) is 18.8 Å². The smallest absolute Gasteiger partial charge is 0.410 e. The second-order valence-corrected chi connectivity index (χ2v) is 7.22. The number of halogens is 1. The summed E-state index contributed by atoms with van der Waals surface area (Å²) < 4.78 is 5.88. The number of hydrogen-bond acceptors (Lipinski definition) is 5. The Morgan fingerprint density at radius 2 is 2.29 bits per heavy atom. The van der Waals surface area contributed by atoms with Gasteiger partial charge in [0.15, 0.2) is 5.13 Å². The highest BCUT2D eigenvalue weighted by atomic mass is 79.9. The van der Waals surface area contributed by atoms with Crippen molar-refractivity contribution in [3.8, 4) is 0 Å². The molecule has 2 heterocycles. The lowest BCUT2D eigenvalue weighted by Gasteiger charge is -2.24. The zero-order valence-electron chi connectivity index (χ0n) is 13.0. The normalized spacial score (nSPS) is 13.3. The summed E-state index contributed by atoms with van der Waals surface area (Å²) in [6.07, 6.45) is 0.355. The van der Waals surface area contributed by atoms with E-state index in [0.29, 0.717) is 36.8 Å². The minimum absolute atomic E-state index is 0.204. The average molecular weight is 410 g/mol. The Balaban J connectivity index is 1.70. The molecular formula is C16H16BrN3O3S. The summed E-state index contributed by atoms with van der Waals surface area (Å²) in [6, 6.07) is 7.17. The first-order chi connectivity index (χ1) is 11.6. The van der Waals surface area contributed by atoms with Crippen molar-refractivity contribution < 1.29 is 14.3 Å². The fourth-order valence-corrected chi connectivity index (χ4v) is 3.84. The minimum Gasteiger partial charge on any atom is -0.450 e. The number of amides is 2. The molecule has 1 aromatic carbocycles. The zero-order valence-corrected chi connectivity index (χ0v) is 15.4. The zero-order chi connectivity index (χ0) is 17.1. The summed E-state index contributed by atoms with van der Waals surface area (Å²) in [5.41, 5.74) is 1.50. The first-order valence-electron chi connectivity index (χ1n) is 7.54. The number of nitrogens with one attached hydrogen (secondary N) is 1. The molecular weight excluding hydrogens is 394 g/mol. The molecule has 0 unspecified atom stereocenters. The number of carbonyl (C=O) groups is 2. The van der Waals surface area contributed by atoms with E-state index in [2.05, 4.69) is 26.2 Å². The lowest BCUT2D eigenvalue weighted by Crippen LogP contribution is -2.35. The summed E-state index contributed by atoms with van der Waals surface area (Å²) in [5.74, 6) is -0.204. The van der Waals surface area contributed by atoms with E-state index in [4.69, 9.17) is 4.74 Å². The Hall–Kier alpha value is -1.93. The molecule has 126 valence electrons. The number of anilines is 1. The molecule has 0 fully saturated rings. The van der Waals surface area contributed by atoms with Gasteiger partial charge in [-0.1, -0.05) is 33.3 Å². The second kappa shape index (κ2) is 7.31. The molecule has 1 aromatic heterocycles. The highest BCUT2D eigenvalue weighted by molar-refractivity contribution is 9.10. The van der Waals surface area contributed by atoms with E-state index in [1.165, 1.54) is 11.3 Å². The van der Waals surface area contributed by atoms with Crippen molar-refractivity contribution in [2.24, 2.45) is 0 Å².